The number of nitrogens with zero attached hydrogens (tertiary/aromatic N) is 1. The first-order chi connectivity index (χ1) is 9.17. The first kappa shape index (κ1) is 15.1. The van der Waals surface area contributed by atoms with Crippen molar-refractivity contribution < 1.29 is 21.6 Å². The molecule has 0 amide bonds. The molecule has 0 saturated heterocycles. The second-order valence-corrected chi connectivity index (χ2v) is 6.81. The van der Waals surface area contributed by atoms with E-state index >= 15 is 0 Å². The number of nitrogen functional groups attached to an aromatic ring is 1. The van der Waals surface area contributed by atoms with Gasteiger partial charge in [-0.1, -0.05) is 12.1 Å². The lowest BCUT2D eigenvalue weighted by Gasteiger charge is -2.23. The van der Waals surface area contributed by atoms with Crippen molar-refractivity contribution in [3.8, 4) is 0 Å². The number of hydrogen-bond donors (Lipinski definition) is 1. The summed E-state index contributed by atoms with van der Waals surface area (Å²) < 4.78 is 62.4. The normalized spacial score (nSPS) is 16.6. The van der Waals surface area contributed by atoms with E-state index in [2.05, 4.69) is 0 Å². The number of sulfonamides is 1. The maximum atomic E-state index is 12.5. The zero-order valence-corrected chi connectivity index (χ0v) is 11.4. The number of benzene rings is 1. The lowest BCUT2D eigenvalue weighted by atomic mass is 10.2. The third-order valence-electron chi connectivity index (χ3n) is 2.95. The lowest BCUT2D eigenvalue weighted by Crippen LogP contribution is -2.41. The first-order valence-electron chi connectivity index (χ1n) is 6.08. The van der Waals surface area contributed by atoms with Gasteiger partial charge in [0.15, 0.2) is 0 Å². The van der Waals surface area contributed by atoms with E-state index in [1.807, 2.05) is 0 Å². The predicted molar refractivity (Wildman–Crippen MR) is 69.3 cm³/mol. The van der Waals surface area contributed by atoms with Gasteiger partial charge in [-0.15, -0.1) is 0 Å². The fraction of sp³-hybridized carbons (Fsp3) is 0.500. The summed E-state index contributed by atoms with van der Waals surface area (Å²) in [6, 6.07) is 5.63. The van der Waals surface area contributed by atoms with E-state index < -0.39 is 34.5 Å². The molecule has 20 heavy (non-hydrogen) atoms. The van der Waals surface area contributed by atoms with Crippen LogP contribution in [0.5, 0.6) is 0 Å². The average molecular weight is 308 g/mol. The number of nitrogens with two attached hydrogens (primary N) is 1. The topological polar surface area (TPSA) is 63.4 Å². The first-order valence-corrected chi connectivity index (χ1v) is 7.69. The SMILES string of the molecule is Nc1cccc(CS(=O)(=O)N(CC(F)(F)F)C2CC2)c1. The molecule has 0 atom stereocenters. The van der Waals surface area contributed by atoms with Crippen molar-refractivity contribution in [1.82, 2.24) is 4.31 Å². The highest BCUT2D eigenvalue weighted by Crippen LogP contribution is 2.33. The molecule has 1 aromatic rings. The number of alkyl halides is 3. The van der Waals surface area contributed by atoms with Gasteiger partial charge >= 0.3 is 6.18 Å². The highest BCUT2D eigenvalue weighted by molar-refractivity contribution is 7.88. The Morgan fingerprint density at radius 2 is 1.95 bits per heavy atom. The van der Waals surface area contributed by atoms with Crippen molar-refractivity contribution >= 4 is 15.7 Å². The Labute approximate surface area is 115 Å². The summed E-state index contributed by atoms with van der Waals surface area (Å²) in [6.07, 6.45) is -3.58. The summed E-state index contributed by atoms with van der Waals surface area (Å²) in [5.41, 5.74) is 6.31. The van der Waals surface area contributed by atoms with E-state index in [9.17, 15) is 21.6 Å². The highest BCUT2D eigenvalue weighted by atomic mass is 32.2. The van der Waals surface area contributed by atoms with Crippen LogP contribution in [-0.2, 0) is 15.8 Å². The molecule has 1 saturated carbocycles. The average Bonchev–Trinajstić information content (AvgIpc) is 3.07. The van der Waals surface area contributed by atoms with E-state index in [1.54, 1.807) is 12.1 Å². The van der Waals surface area contributed by atoms with Gasteiger partial charge in [-0.3, -0.25) is 0 Å². The van der Waals surface area contributed by atoms with Crippen LogP contribution < -0.4 is 5.73 Å². The van der Waals surface area contributed by atoms with Crippen molar-refractivity contribution in [2.24, 2.45) is 0 Å². The van der Waals surface area contributed by atoms with Gasteiger partial charge in [0.2, 0.25) is 10.0 Å². The van der Waals surface area contributed by atoms with E-state index in [1.165, 1.54) is 12.1 Å². The smallest absolute Gasteiger partial charge is 0.399 e. The summed E-state index contributed by atoms with van der Waals surface area (Å²) in [5.74, 6) is -0.468. The third kappa shape index (κ3) is 4.11. The fourth-order valence-electron chi connectivity index (χ4n) is 1.97. The molecular formula is C12H15F3N2O2S. The van der Waals surface area contributed by atoms with Crippen LogP contribution >= 0.6 is 0 Å². The van der Waals surface area contributed by atoms with E-state index in [-0.39, 0.29) is 0 Å². The summed E-state index contributed by atoms with van der Waals surface area (Å²) in [6.45, 7) is -1.43. The molecule has 0 bridgehead atoms. The van der Waals surface area contributed by atoms with Crippen molar-refractivity contribution in [3.63, 3.8) is 0 Å². The molecule has 0 radical (unpaired) electrons. The van der Waals surface area contributed by atoms with Crippen LogP contribution in [0.4, 0.5) is 18.9 Å². The zero-order chi connectivity index (χ0) is 15.0. The second-order valence-electron chi connectivity index (χ2n) is 4.89. The van der Waals surface area contributed by atoms with Gasteiger partial charge in [0, 0.05) is 11.7 Å². The van der Waals surface area contributed by atoms with E-state index in [4.69, 9.17) is 5.73 Å². The van der Waals surface area contributed by atoms with Gasteiger partial charge in [-0.2, -0.15) is 17.5 Å². The zero-order valence-electron chi connectivity index (χ0n) is 10.6. The molecule has 4 nitrogen and oxygen atoms in total. The summed E-state index contributed by atoms with van der Waals surface area (Å²) in [5, 5.41) is 0. The van der Waals surface area contributed by atoms with Crippen molar-refractivity contribution in [1.29, 1.82) is 0 Å². The Kier molecular flexibility index (Phi) is 3.97. The molecule has 112 valence electrons. The summed E-state index contributed by atoms with van der Waals surface area (Å²) in [7, 11) is -4.00. The van der Waals surface area contributed by atoms with Crippen LogP contribution in [0.2, 0.25) is 0 Å². The minimum atomic E-state index is -4.54. The van der Waals surface area contributed by atoms with Gasteiger partial charge in [0.25, 0.3) is 0 Å². The number of hydrogen-bond acceptors (Lipinski definition) is 3. The molecule has 0 aliphatic heterocycles. The van der Waals surface area contributed by atoms with Gasteiger partial charge in [0.1, 0.15) is 6.54 Å². The molecule has 0 spiro atoms. The molecule has 8 heteroatoms. The largest absolute Gasteiger partial charge is 0.402 e. The number of rotatable bonds is 5. The van der Waals surface area contributed by atoms with Gasteiger partial charge in [-0.05, 0) is 30.5 Å². The van der Waals surface area contributed by atoms with E-state index in [0.29, 0.717) is 28.4 Å². The maximum Gasteiger partial charge on any atom is 0.402 e. The van der Waals surface area contributed by atoms with Crippen LogP contribution in [0.3, 0.4) is 0 Å². The van der Waals surface area contributed by atoms with Crippen LogP contribution in [0.1, 0.15) is 18.4 Å². The summed E-state index contributed by atoms with van der Waals surface area (Å²) >= 11 is 0. The molecule has 0 unspecified atom stereocenters. The Morgan fingerprint density at radius 1 is 1.30 bits per heavy atom. The van der Waals surface area contributed by atoms with E-state index in [0.717, 1.165) is 0 Å². The van der Waals surface area contributed by atoms with Crippen molar-refractivity contribution in [2.45, 2.75) is 30.8 Å². The molecular weight excluding hydrogens is 293 g/mol. The number of halogens is 3. The Hall–Kier alpha value is -1.28. The Morgan fingerprint density at radius 3 is 2.45 bits per heavy atom. The molecule has 0 aromatic heterocycles. The molecule has 1 aliphatic rings. The molecule has 1 aromatic carbocycles. The van der Waals surface area contributed by atoms with Gasteiger partial charge in [0.05, 0.1) is 5.75 Å². The molecule has 0 heterocycles. The monoisotopic (exact) mass is 308 g/mol. The fourth-order valence-corrected chi connectivity index (χ4v) is 3.74. The summed E-state index contributed by atoms with van der Waals surface area (Å²) in [4.78, 5) is 0. The number of anilines is 1. The molecule has 1 aliphatic carbocycles. The maximum absolute atomic E-state index is 12.5. The Balaban J connectivity index is 2.18. The van der Waals surface area contributed by atoms with Crippen LogP contribution in [-0.4, -0.2) is 31.5 Å². The van der Waals surface area contributed by atoms with Gasteiger partial charge in [-0.25, -0.2) is 8.42 Å². The third-order valence-corrected chi connectivity index (χ3v) is 4.79. The van der Waals surface area contributed by atoms with Crippen LogP contribution in [0.15, 0.2) is 24.3 Å². The van der Waals surface area contributed by atoms with Crippen LogP contribution in [0, 0.1) is 0 Å². The minimum Gasteiger partial charge on any atom is -0.399 e. The van der Waals surface area contributed by atoms with Crippen LogP contribution in [0.25, 0.3) is 0 Å². The van der Waals surface area contributed by atoms with Crippen molar-refractivity contribution in [2.75, 3.05) is 12.3 Å². The standard InChI is InChI=1S/C12H15F3N2O2S/c13-12(14,15)8-17(11-4-5-11)20(18,19)7-9-2-1-3-10(16)6-9/h1-3,6,11H,4-5,7-8,16H2. The molecule has 2 N–H and O–H groups in total. The second kappa shape index (κ2) is 5.25. The lowest BCUT2D eigenvalue weighted by molar-refractivity contribution is -0.137. The minimum absolute atomic E-state index is 0.381. The predicted octanol–water partition coefficient (Wildman–Crippen LogP) is 2.13. The molecule has 1 fully saturated rings. The quantitative estimate of drug-likeness (QED) is 0.848. The van der Waals surface area contributed by atoms with Crippen molar-refractivity contribution in [3.05, 3.63) is 29.8 Å². The Bertz CT molecular complexity index is 583. The highest BCUT2D eigenvalue weighted by Gasteiger charge is 2.44. The molecule has 2 rings (SSSR count). The van der Waals surface area contributed by atoms with Gasteiger partial charge < -0.3 is 5.73 Å².